The number of rotatable bonds is 8. The Morgan fingerprint density at radius 1 is 1.33 bits per heavy atom. The van der Waals surface area contributed by atoms with Crippen molar-refractivity contribution in [1.29, 1.82) is 0 Å². The van der Waals surface area contributed by atoms with Gasteiger partial charge < -0.3 is 9.30 Å². The molecule has 8 heteroatoms. The van der Waals surface area contributed by atoms with Gasteiger partial charge in [0.2, 0.25) is 0 Å². The van der Waals surface area contributed by atoms with Crippen molar-refractivity contribution in [2.45, 2.75) is 13.2 Å². The predicted molar refractivity (Wildman–Crippen MR) is 114 cm³/mol. The monoisotopic (exact) mass is 420 g/mol. The highest BCUT2D eigenvalue weighted by molar-refractivity contribution is 7.71. The van der Waals surface area contributed by atoms with Crippen LogP contribution in [0.2, 0.25) is 4.34 Å². The third-order valence-corrected chi connectivity index (χ3v) is 5.82. The Morgan fingerprint density at radius 2 is 2.11 bits per heavy atom. The fraction of sp³-hybridized carbons (Fsp3) is 0.263. The second kappa shape index (κ2) is 8.84. The van der Waals surface area contributed by atoms with Crippen LogP contribution < -0.4 is 4.74 Å². The first-order valence-electron chi connectivity index (χ1n) is 8.38. The Balaban J connectivity index is 1.90. The zero-order valence-corrected chi connectivity index (χ0v) is 17.7. The van der Waals surface area contributed by atoms with Gasteiger partial charge >= 0.3 is 0 Å². The van der Waals surface area contributed by atoms with Crippen LogP contribution in [0.15, 0.2) is 49.1 Å². The highest BCUT2D eigenvalue weighted by Gasteiger charge is 2.16. The Bertz CT molecular complexity index is 992. The number of methoxy groups -OCH3 is 1. The summed E-state index contributed by atoms with van der Waals surface area (Å²) in [5, 5.41) is 4.75. The average molecular weight is 421 g/mol. The van der Waals surface area contributed by atoms with Crippen molar-refractivity contribution >= 4 is 35.2 Å². The summed E-state index contributed by atoms with van der Waals surface area (Å²) in [6.07, 6.45) is 1.88. The standard InChI is InChI=1S/C19H21ClN4OS2/c1-4-11-23(12-14-9-10-17(20)27-14)13-24-19(26)22(2)18(21-24)15-7-5-6-8-16(15)25-3/h4-10H,1,11-13H2,2-3H3. The van der Waals surface area contributed by atoms with Crippen LogP contribution in [0.3, 0.4) is 0 Å². The second-order valence-electron chi connectivity index (χ2n) is 6.01. The third kappa shape index (κ3) is 4.50. The molecule has 2 aromatic heterocycles. The van der Waals surface area contributed by atoms with E-state index < -0.39 is 0 Å². The van der Waals surface area contributed by atoms with Crippen LogP contribution in [0.25, 0.3) is 11.4 Å². The molecule has 142 valence electrons. The maximum Gasteiger partial charge on any atom is 0.199 e. The summed E-state index contributed by atoms with van der Waals surface area (Å²) in [7, 11) is 3.58. The molecule has 0 amide bonds. The highest BCUT2D eigenvalue weighted by Crippen LogP contribution is 2.28. The molecule has 27 heavy (non-hydrogen) atoms. The molecule has 0 aliphatic rings. The number of hydrogen-bond donors (Lipinski definition) is 0. The lowest BCUT2D eigenvalue weighted by atomic mass is 10.2. The summed E-state index contributed by atoms with van der Waals surface area (Å²) in [4.78, 5) is 3.40. The van der Waals surface area contributed by atoms with Crippen LogP contribution in [0, 0.1) is 4.77 Å². The summed E-state index contributed by atoms with van der Waals surface area (Å²) in [6, 6.07) is 11.8. The summed E-state index contributed by atoms with van der Waals surface area (Å²) < 4.78 is 10.6. The van der Waals surface area contributed by atoms with E-state index in [1.165, 1.54) is 4.88 Å². The fourth-order valence-corrected chi connectivity index (χ4v) is 4.16. The van der Waals surface area contributed by atoms with Crippen molar-refractivity contribution in [2.24, 2.45) is 7.05 Å². The minimum absolute atomic E-state index is 0.559. The van der Waals surface area contributed by atoms with E-state index in [0.717, 1.165) is 34.6 Å². The van der Waals surface area contributed by atoms with E-state index in [0.29, 0.717) is 11.4 Å². The summed E-state index contributed by atoms with van der Waals surface area (Å²) in [5.74, 6) is 1.54. The molecule has 0 atom stereocenters. The lowest BCUT2D eigenvalue weighted by molar-refractivity contribution is 0.220. The third-order valence-electron chi connectivity index (χ3n) is 4.12. The molecule has 0 saturated carbocycles. The van der Waals surface area contributed by atoms with Crippen molar-refractivity contribution in [2.75, 3.05) is 13.7 Å². The number of benzene rings is 1. The fourth-order valence-electron chi connectivity index (χ4n) is 2.85. The topological polar surface area (TPSA) is 35.2 Å². The average Bonchev–Trinajstić information content (AvgIpc) is 3.19. The highest BCUT2D eigenvalue weighted by atomic mass is 35.5. The van der Waals surface area contributed by atoms with Gasteiger partial charge in [-0.3, -0.25) is 4.90 Å². The van der Waals surface area contributed by atoms with Gasteiger partial charge in [0.05, 0.1) is 23.7 Å². The Hall–Kier alpha value is -1.93. The minimum atomic E-state index is 0.559. The molecule has 0 fully saturated rings. The van der Waals surface area contributed by atoms with E-state index >= 15 is 0 Å². The number of hydrogen-bond acceptors (Lipinski definition) is 5. The zero-order valence-electron chi connectivity index (χ0n) is 15.3. The van der Waals surface area contributed by atoms with E-state index in [9.17, 15) is 0 Å². The summed E-state index contributed by atoms with van der Waals surface area (Å²) in [6.45, 7) is 5.90. The van der Waals surface area contributed by atoms with Crippen LogP contribution in [0.1, 0.15) is 4.88 Å². The first kappa shape index (κ1) is 19.8. The Morgan fingerprint density at radius 3 is 2.78 bits per heavy atom. The summed E-state index contributed by atoms with van der Waals surface area (Å²) in [5.41, 5.74) is 0.910. The van der Waals surface area contributed by atoms with Crippen LogP contribution in [-0.2, 0) is 20.3 Å². The van der Waals surface area contributed by atoms with E-state index in [1.807, 2.05) is 58.8 Å². The van der Waals surface area contributed by atoms with Crippen LogP contribution in [0.5, 0.6) is 5.75 Å². The van der Waals surface area contributed by atoms with Crippen molar-refractivity contribution in [3.63, 3.8) is 0 Å². The SMILES string of the molecule is C=CCN(Cc1ccc(Cl)s1)Cn1nc(-c2ccccc2OC)n(C)c1=S. The molecule has 0 radical (unpaired) electrons. The van der Waals surface area contributed by atoms with Crippen LogP contribution in [-0.4, -0.2) is 32.9 Å². The van der Waals surface area contributed by atoms with Gasteiger partial charge in [0.15, 0.2) is 10.6 Å². The second-order valence-corrected chi connectivity index (χ2v) is 8.18. The van der Waals surface area contributed by atoms with E-state index in [2.05, 4.69) is 11.5 Å². The summed E-state index contributed by atoms with van der Waals surface area (Å²) >= 11 is 13.3. The molecule has 1 aromatic carbocycles. The van der Waals surface area contributed by atoms with Gasteiger partial charge in [-0.1, -0.05) is 29.8 Å². The van der Waals surface area contributed by atoms with Crippen molar-refractivity contribution in [1.82, 2.24) is 19.2 Å². The molecule has 3 aromatic rings. The van der Waals surface area contributed by atoms with Gasteiger partial charge in [-0.2, -0.15) is 5.10 Å². The predicted octanol–water partition coefficient (Wildman–Crippen LogP) is 4.99. The molecular weight excluding hydrogens is 400 g/mol. The van der Waals surface area contributed by atoms with Gasteiger partial charge in [0.25, 0.3) is 0 Å². The number of thiophene rings is 1. The normalized spacial score (nSPS) is 11.1. The lowest BCUT2D eigenvalue weighted by Crippen LogP contribution is -2.26. The molecule has 0 spiro atoms. The van der Waals surface area contributed by atoms with E-state index in [-0.39, 0.29) is 0 Å². The maximum absolute atomic E-state index is 6.06. The minimum Gasteiger partial charge on any atom is -0.496 e. The molecule has 0 aliphatic heterocycles. The number of para-hydroxylation sites is 1. The molecule has 0 bridgehead atoms. The number of nitrogens with zero attached hydrogens (tertiary/aromatic N) is 4. The molecule has 0 unspecified atom stereocenters. The zero-order chi connectivity index (χ0) is 19.4. The van der Waals surface area contributed by atoms with Crippen LogP contribution >= 0.6 is 35.2 Å². The van der Waals surface area contributed by atoms with Crippen molar-refractivity contribution < 1.29 is 4.74 Å². The smallest absolute Gasteiger partial charge is 0.199 e. The van der Waals surface area contributed by atoms with Gasteiger partial charge in [0.1, 0.15) is 5.75 Å². The molecular formula is C19H21ClN4OS2. The lowest BCUT2D eigenvalue weighted by Gasteiger charge is -2.19. The quantitative estimate of drug-likeness (QED) is 0.380. The largest absolute Gasteiger partial charge is 0.496 e. The Kier molecular flexibility index (Phi) is 6.49. The molecule has 5 nitrogen and oxygen atoms in total. The maximum atomic E-state index is 6.06. The molecule has 0 aliphatic carbocycles. The first-order valence-corrected chi connectivity index (χ1v) is 9.98. The number of ether oxygens (including phenoxy) is 1. The van der Waals surface area contributed by atoms with Crippen molar-refractivity contribution in [3.05, 3.63) is 63.0 Å². The van der Waals surface area contributed by atoms with E-state index in [1.54, 1.807) is 18.4 Å². The number of aromatic nitrogens is 3. The molecule has 2 heterocycles. The number of halogens is 1. The van der Waals surface area contributed by atoms with Gasteiger partial charge in [-0.15, -0.1) is 17.9 Å². The Labute approximate surface area is 173 Å². The van der Waals surface area contributed by atoms with Gasteiger partial charge in [-0.25, -0.2) is 4.68 Å². The molecule has 0 saturated heterocycles. The molecule has 3 rings (SSSR count). The van der Waals surface area contributed by atoms with Crippen LogP contribution in [0.4, 0.5) is 0 Å². The van der Waals surface area contributed by atoms with Crippen molar-refractivity contribution in [3.8, 4) is 17.1 Å². The van der Waals surface area contributed by atoms with E-state index in [4.69, 9.17) is 33.7 Å². The molecule has 0 N–H and O–H groups in total. The van der Waals surface area contributed by atoms with Gasteiger partial charge in [-0.05, 0) is 36.5 Å². The first-order chi connectivity index (χ1) is 13.0. The van der Waals surface area contributed by atoms with Gasteiger partial charge in [0, 0.05) is 25.0 Å².